The molecule has 0 radical (unpaired) electrons. The molecule has 0 fully saturated rings. The van der Waals surface area contributed by atoms with Gasteiger partial charge in [0.2, 0.25) is 0 Å². The molecule has 1 heterocycles. The third kappa shape index (κ3) is 2.70. The highest BCUT2D eigenvalue weighted by Gasteiger charge is 2.16. The van der Waals surface area contributed by atoms with Gasteiger partial charge in [-0.05, 0) is 28.7 Å². The van der Waals surface area contributed by atoms with Crippen molar-refractivity contribution < 1.29 is 0 Å². The van der Waals surface area contributed by atoms with Gasteiger partial charge >= 0.3 is 0 Å². The average molecular weight is 252 g/mol. The van der Waals surface area contributed by atoms with Gasteiger partial charge in [0, 0.05) is 26.2 Å². The van der Waals surface area contributed by atoms with Crippen LogP contribution in [-0.2, 0) is 26.1 Å². The van der Waals surface area contributed by atoms with Crippen molar-refractivity contribution in [2.75, 3.05) is 6.54 Å². The van der Waals surface area contributed by atoms with Crippen molar-refractivity contribution in [2.45, 2.75) is 26.1 Å². The third-order valence-electron chi connectivity index (χ3n) is 3.94. The normalized spacial score (nSPS) is 15.2. The van der Waals surface area contributed by atoms with Gasteiger partial charge in [-0.15, -0.1) is 0 Å². The molecule has 19 heavy (non-hydrogen) atoms. The second-order valence-electron chi connectivity index (χ2n) is 5.20. The number of fused-ring (bicyclic) bond motifs is 1. The summed E-state index contributed by atoms with van der Waals surface area (Å²) in [5.41, 5.74) is 11.4. The van der Waals surface area contributed by atoms with Gasteiger partial charge in [-0.3, -0.25) is 4.90 Å². The summed E-state index contributed by atoms with van der Waals surface area (Å²) < 4.78 is 0. The van der Waals surface area contributed by atoms with Gasteiger partial charge in [-0.25, -0.2) is 0 Å². The highest BCUT2D eigenvalue weighted by molar-refractivity contribution is 5.30. The molecule has 0 unspecified atom stereocenters. The smallest absolute Gasteiger partial charge is 0.0240 e. The van der Waals surface area contributed by atoms with Crippen LogP contribution in [0.4, 0.5) is 0 Å². The first kappa shape index (κ1) is 12.4. The maximum atomic E-state index is 5.81. The summed E-state index contributed by atoms with van der Waals surface area (Å²) in [6, 6.07) is 17.3. The predicted molar refractivity (Wildman–Crippen MR) is 78.6 cm³/mol. The molecule has 2 aromatic carbocycles. The van der Waals surface area contributed by atoms with Crippen LogP contribution in [0.15, 0.2) is 48.5 Å². The molecule has 2 heteroatoms. The highest BCUT2D eigenvalue weighted by Crippen LogP contribution is 2.21. The van der Waals surface area contributed by atoms with Gasteiger partial charge in [0.25, 0.3) is 0 Å². The molecular weight excluding hydrogens is 232 g/mol. The van der Waals surface area contributed by atoms with Crippen molar-refractivity contribution >= 4 is 0 Å². The van der Waals surface area contributed by atoms with E-state index in [0.29, 0.717) is 6.54 Å². The molecule has 0 atom stereocenters. The first-order valence-electron chi connectivity index (χ1n) is 6.93. The third-order valence-corrected chi connectivity index (χ3v) is 3.94. The molecule has 0 amide bonds. The molecule has 0 saturated heterocycles. The van der Waals surface area contributed by atoms with Gasteiger partial charge in [0.1, 0.15) is 0 Å². The fourth-order valence-electron chi connectivity index (χ4n) is 2.84. The maximum Gasteiger partial charge on any atom is 0.0240 e. The lowest BCUT2D eigenvalue weighted by molar-refractivity contribution is 0.245. The van der Waals surface area contributed by atoms with E-state index >= 15 is 0 Å². The molecule has 0 aliphatic carbocycles. The first-order chi connectivity index (χ1) is 9.36. The zero-order valence-electron chi connectivity index (χ0n) is 11.2. The van der Waals surface area contributed by atoms with E-state index in [9.17, 15) is 0 Å². The summed E-state index contributed by atoms with van der Waals surface area (Å²) in [5.74, 6) is 0. The van der Waals surface area contributed by atoms with Gasteiger partial charge in [0.15, 0.2) is 0 Å². The Labute approximate surface area is 114 Å². The summed E-state index contributed by atoms with van der Waals surface area (Å²) in [4.78, 5) is 2.51. The Kier molecular flexibility index (Phi) is 3.62. The maximum absolute atomic E-state index is 5.81. The minimum atomic E-state index is 0.626. The van der Waals surface area contributed by atoms with Crippen LogP contribution in [0.5, 0.6) is 0 Å². The summed E-state index contributed by atoms with van der Waals surface area (Å²) in [6.45, 7) is 3.81. The Morgan fingerprint density at radius 3 is 2.37 bits per heavy atom. The van der Waals surface area contributed by atoms with Crippen molar-refractivity contribution in [2.24, 2.45) is 5.73 Å². The molecule has 3 rings (SSSR count). The van der Waals surface area contributed by atoms with Crippen molar-refractivity contribution in [3.8, 4) is 0 Å². The van der Waals surface area contributed by atoms with Crippen molar-refractivity contribution in [1.82, 2.24) is 4.90 Å². The standard InChI is InChI=1S/C17H20N2/c18-11-15-6-2-4-8-17(15)13-19-10-9-14-5-1-3-7-16(14)12-19/h1-8H,9-13,18H2. The van der Waals surface area contributed by atoms with Crippen LogP contribution in [0, 0.1) is 0 Å². The average Bonchev–Trinajstić information content (AvgIpc) is 2.48. The molecule has 1 aliphatic rings. The fraction of sp³-hybridized carbons (Fsp3) is 0.294. The second kappa shape index (κ2) is 5.55. The summed E-state index contributed by atoms with van der Waals surface area (Å²) >= 11 is 0. The monoisotopic (exact) mass is 252 g/mol. The SMILES string of the molecule is NCc1ccccc1CN1CCc2ccccc2C1. The topological polar surface area (TPSA) is 29.3 Å². The zero-order valence-corrected chi connectivity index (χ0v) is 11.2. The quantitative estimate of drug-likeness (QED) is 0.910. The van der Waals surface area contributed by atoms with E-state index in [-0.39, 0.29) is 0 Å². The molecule has 2 nitrogen and oxygen atoms in total. The van der Waals surface area contributed by atoms with Gasteiger partial charge < -0.3 is 5.73 Å². The Bertz CT molecular complexity index is 563. The van der Waals surface area contributed by atoms with Crippen LogP contribution < -0.4 is 5.73 Å². The molecule has 2 aromatic rings. The number of nitrogens with zero attached hydrogens (tertiary/aromatic N) is 1. The number of hydrogen-bond donors (Lipinski definition) is 1. The van der Waals surface area contributed by atoms with Crippen molar-refractivity contribution in [1.29, 1.82) is 0 Å². The molecule has 2 N–H and O–H groups in total. The van der Waals surface area contributed by atoms with Gasteiger partial charge in [-0.1, -0.05) is 48.5 Å². The Balaban J connectivity index is 1.75. The molecule has 0 aromatic heterocycles. The van der Waals surface area contributed by atoms with Crippen LogP contribution in [0.1, 0.15) is 22.3 Å². The molecule has 0 bridgehead atoms. The molecule has 0 spiro atoms. The Morgan fingerprint density at radius 1 is 0.895 bits per heavy atom. The number of nitrogens with two attached hydrogens (primary N) is 1. The molecule has 98 valence electrons. The van der Waals surface area contributed by atoms with Gasteiger partial charge in [-0.2, -0.15) is 0 Å². The van der Waals surface area contributed by atoms with E-state index in [0.717, 1.165) is 26.1 Å². The molecule has 0 saturated carbocycles. The van der Waals surface area contributed by atoms with E-state index < -0.39 is 0 Å². The number of rotatable bonds is 3. The second-order valence-corrected chi connectivity index (χ2v) is 5.20. The van der Waals surface area contributed by atoms with Crippen LogP contribution in [0.25, 0.3) is 0 Å². The lowest BCUT2D eigenvalue weighted by Gasteiger charge is -2.29. The van der Waals surface area contributed by atoms with Crippen LogP contribution >= 0.6 is 0 Å². The van der Waals surface area contributed by atoms with Crippen molar-refractivity contribution in [3.63, 3.8) is 0 Å². The number of hydrogen-bond acceptors (Lipinski definition) is 2. The molecular formula is C17H20N2. The summed E-state index contributed by atoms with van der Waals surface area (Å²) in [7, 11) is 0. The number of benzene rings is 2. The lowest BCUT2D eigenvalue weighted by atomic mass is 9.99. The first-order valence-corrected chi connectivity index (χ1v) is 6.93. The van der Waals surface area contributed by atoms with E-state index in [1.54, 1.807) is 0 Å². The van der Waals surface area contributed by atoms with Gasteiger partial charge in [0.05, 0.1) is 0 Å². The predicted octanol–water partition coefficient (Wildman–Crippen LogP) is 2.70. The lowest BCUT2D eigenvalue weighted by Crippen LogP contribution is -2.30. The van der Waals surface area contributed by atoms with E-state index in [1.165, 1.54) is 22.3 Å². The zero-order chi connectivity index (χ0) is 13.1. The Hall–Kier alpha value is -1.64. The van der Waals surface area contributed by atoms with E-state index in [2.05, 4.69) is 53.4 Å². The molecule has 1 aliphatic heterocycles. The Morgan fingerprint density at radius 2 is 1.58 bits per heavy atom. The van der Waals surface area contributed by atoms with Crippen LogP contribution in [0.3, 0.4) is 0 Å². The minimum Gasteiger partial charge on any atom is -0.326 e. The summed E-state index contributed by atoms with van der Waals surface area (Å²) in [6.07, 6.45) is 1.15. The summed E-state index contributed by atoms with van der Waals surface area (Å²) in [5, 5.41) is 0. The highest BCUT2D eigenvalue weighted by atomic mass is 15.1. The van der Waals surface area contributed by atoms with E-state index in [4.69, 9.17) is 5.73 Å². The van der Waals surface area contributed by atoms with Crippen LogP contribution in [0.2, 0.25) is 0 Å². The minimum absolute atomic E-state index is 0.626. The van der Waals surface area contributed by atoms with Crippen LogP contribution in [-0.4, -0.2) is 11.4 Å². The fourth-order valence-corrected chi connectivity index (χ4v) is 2.84. The van der Waals surface area contributed by atoms with E-state index in [1.807, 2.05) is 0 Å². The van der Waals surface area contributed by atoms with Crippen molar-refractivity contribution in [3.05, 3.63) is 70.8 Å². The largest absolute Gasteiger partial charge is 0.326 e.